The zero-order valence-electron chi connectivity index (χ0n) is 8.51. The Morgan fingerprint density at radius 1 is 1.40 bits per heavy atom. The van der Waals surface area contributed by atoms with Crippen LogP contribution in [0.2, 0.25) is 0 Å². The number of rotatable bonds is 4. The summed E-state index contributed by atoms with van der Waals surface area (Å²) in [6, 6.07) is 6.33. The molecule has 3 heteroatoms. The molecule has 1 fully saturated rings. The summed E-state index contributed by atoms with van der Waals surface area (Å²) in [5, 5.41) is 0.968. The van der Waals surface area contributed by atoms with Crippen molar-refractivity contribution >= 4 is 15.9 Å². The molecule has 2 rings (SSSR count). The van der Waals surface area contributed by atoms with E-state index in [1.54, 1.807) is 12.1 Å². The molecule has 0 aromatic heterocycles. The predicted molar refractivity (Wildman–Crippen MR) is 62.0 cm³/mol. The van der Waals surface area contributed by atoms with Crippen LogP contribution in [-0.4, -0.2) is 11.9 Å². The summed E-state index contributed by atoms with van der Waals surface area (Å²) in [6.45, 7) is 0.682. The van der Waals surface area contributed by atoms with Crippen LogP contribution < -0.4 is 4.74 Å². The average molecular weight is 273 g/mol. The number of hydrogen-bond donors (Lipinski definition) is 0. The third-order valence-electron chi connectivity index (χ3n) is 3.04. The van der Waals surface area contributed by atoms with E-state index in [0.717, 1.165) is 5.33 Å². The minimum Gasteiger partial charge on any atom is -0.493 e. The number of halogens is 2. The highest BCUT2D eigenvalue weighted by atomic mass is 79.9. The average Bonchev–Trinajstić information content (AvgIpc) is 2.17. The van der Waals surface area contributed by atoms with Gasteiger partial charge in [-0.2, -0.15) is 0 Å². The van der Waals surface area contributed by atoms with E-state index in [-0.39, 0.29) is 11.2 Å². The first-order chi connectivity index (χ1) is 7.24. The molecular formula is C12H14BrFO. The lowest BCUT2D eigenvalue weighted by Gasteiger charge is -2.39. The van der Waals surface area contributed by atoms with Crippen LogP contribution >= 0.6 is 15.9 Å². The van der Waals surface area contributed by atoms with E-state index in [1.165, 1.54) is 31.4 Å². The van der Waals surface area contributed by atoms with Crippen LogP contribution in [-0.2, 0) is 0 Å². The van der Waals surface area contributed by atoms with Gasteiger partial charge < -0.3 is 4.74 Å². The van der Waals surface area contributed by atoms with Crippen molar-refractivity contribution in [2.24, 2.45) is 5.41 Å². The maximum atomic E-state index is 12.9. The quantitative estimate of drug-likeness (QED) is 0.759. The van der Waals surface area contributed by atoms with Gasteiger partial charge in [0.2, 0.25) is 0 Å². The Kier molecular flexibility index (Phi) is 3.29. The molecule has 1 nitrogen and oxygen atoms in total. The zero-order valence-corrected chi connectivity index (χ0v) is 10.1. The first-order valence-electron chi connectivity index (χ1n) is 5.18. The second-order valence-electron chi connectivity index (χ2n) is 4.23. The van der Waals surface area contributed by atoms with Crippen LogP contribution in [0, 0.1) is 11.2 Å². The van der Waals surface area contributed by atoms with Gasteiger partial charge in [0.15, 0.2) is 0 Å². The Morgan fingerprint density at radius 2 is 2.20 bits per heavy atom. The van der Waals surface area contributed by atoms with Crippen molar-refractivity contribution in [1.29, 1.82) is 0 Å². The van der Waals surface area contributed by atoms with E-state index in [4.69, 9.17) is 4.74 Å². The molecule has 1 saturated carbocycles. The zero-order chi connectivity index (χ0) is 10.7. The van der Waals surface area contributed by atoms with E-state index in [0.29, 0.717) is 12.4 Å². The largest absolute Gasteiger partial charge is 0.493 e. The van der Waals surface area contributed by atoms with Crippen LogP contribution in [0.25, 0.3) is 0 Å². The maximum absolute atomic E-state index is 12.9. The van der Waals surface area contributed by atoms with Crippen LogP contribution in [0.5, 0.6) is 5.75 Å². The molecule has 0 radical (unpaired) electrons. The molecule has 0 saturated heterocycles. The third kappa shape index (κ3) is 2.51. The van der Waals surface area contributed by atoms with Gasteiger partial charge in [-0.3, -0.25) is 0 Å². The van der Waals surface area contributed by atoms with E-state index >= 15 is 0 Å². The molecule has 15 heavy (non-hydrogen) atoms. The molecular weight excluding hydrogens is 259 g/mol. The van der Waals surface area contributed by atoms with Crippen molar-refractivity contribution in [2.45, 2.75) is 19.3 Å². The second-order valence-corrected chi connectivity index (χ2v) is 4.79. The van der Waals surface area contributed by atoms with Crippen LogP contribution in [0.3, 0.4) is 0 Å². The number of alkyl halides is 1. The van der Waals surface area contributed by atoms with Gasteiger partial charge in [-0.25, -0.2) is 4.39 Å². The van der Waals surface area contributed by atoms with Crippen molar-refractivity contribution in [3.8, 4) is 5.75 Å². The number of ether oxygens (including phenoxy) is 1. The molecule has 1 aromatic carbocycles. The molecule has 1 aliphatic carbocycles. The van der Waals surface area contributed by atoms with Gasteiger partial charge in [-0.1, -0.05) is 28.4 Å². The Balaban J connectivity index is 1.92. The molecule has 0 aliphatic heterocycles. The highest BCUT2D eigenvalue weighted by Crippen LogP contribution is 2.42. The van der Waals surface area contributed by atoms with Gasteiger partial charge in [0.05, 0.1) is 6.61 Å². The number of hydrogen-bond acceptors (Lipinski definition) is 1. The van der Waals surface area contributed by atoms with Crippen molar-refractivity contribution in [3.05, 3.63) is 30.1 Å². The molecule has 0 spiro atoms. The highest BCUT2D eigenvalue weighted by Gasteiger charge is 2.36. The van der Waals surface area contributed by atoms with Crippen molar-refractivity contribution < 1.29 is 9.13 Å². The topological polar surface area (TPSA) is 9.23 Å². The summed E-state index contributed by atoms with van der Waals surface area (Å²) in [6.07, 6.45) is 3.68. The lowest BCUT2D eigenvalue weighted by Crippen LogP contribution is -2.37. The second kappa shape index (κ2) is 4.52. The summed E-state index contributed by atoms with van der Waals surface area (Å²) in [5.41, 5.74) is 0.284. The lowest BCUT2D eigenvalue weighted by molar-refractivity contribution is 0.0836. The molecule has 0 N–H and O–H groups in total. The fourth-order valence-corrected chi connectivity index (χ4v) is 2.51. The number of benzene rings is 1. The van der Waals surface area contributed by atoms with Crippen LogP contribution in [0.15, 0.2) is 24.3 Å². The summed E-state index contributed by atoms with van der Waals surface area (Å²) < 4.78 is 18.5. The van der Waals surface area contributed by atoms with Crippen LogP contribution in [0.1, 0.15) is 19.3 Å². The van der Waals surface area contributed by atoms with Crippen molar-refractivity contribution in [1.82, 2.24) is 0 Å². The van der Waals surface area contributed by atoms with E-state index in [9.17, 15) is 4.39 Å². The molecule has 0 bridgehead atoms. The predicted octanol–water partition coefficient (Wildman–Crippen LogP) is 3.77. The minimum absolute atomic E-state index is 0.242. The summed E-state index contributed by atoms with van der Waals surface area (Å²) in [5.74, 6) is 0.385. The van der Waals surface area contributed by atoms with Crippen molar-refractivity contribution in [3.63, 3.8) is 0 Å². The van der Waals surface area contributed by atoms with Crippen LogP contribution in [0.4, 0.5) is 4.39 Å². The van der Waals surface area contributed by atoms with Gasteiger partial charge in [0, 0.05) is 16.8 Å². The molecule has 0 amide bonds. The van der Waals surface area contributed by atoms with Gasteiger partial charge in [-0.05, 0) is 25.0 Å². The Hall–Kier alpha value is -0.570. The van der Waals surface area contributed by atoms with Gasteiger partial charge in [-0.15, -0.1) is 0 Å². The molecule has 82 valence electrons. The molecule has 0 heterocycles. The Bertz CT molecular complexity index is 331. The maximum Gasteiger partial charge on any atom is 0.126 e. The molecule has 1 aromatic rings. The third-order valence-corrected chi connectivity index (χ3v) is 4.23. The SMILES string of the molecule is Fc1cccc(OCC2(CBr)CCC2)c1. The minimum atomic E-state index is -0.242. The summed E-state index contributed by atoms with van der Waals surface area (Å²) >= 11 is 3.52. The van der Waals surface area contributed by atoms with Gasteiger partial charge in [0.25, 0.3) is 0 Å². The molecule has 0 unspecified atom stereocenters. The van der Waals surface area contributed by atoms with Gasteiger partial charge in [0.1, 0.15) is 11.6 Å². The summed E-state index contributed by atoms with van der Waals surface area (Å²) in [7, 11) is 0. The summed E-state index contributed by atoms with van der Waals surface area (Å²) in [4.78, 5) is 0. The van der Waals surface area contributed by atoms with E-state index < -0.39 is 0 Å². The van der Waals surface area contributed by atoms with Crippen molar-refractivity contribution in [2.75, 3.05) is 11.9 Å². The Morgan fingerprint density at radius 3 is 2.73 bits per heavy atom. The van der Waals surface area contributed by atoms with E-state index in [1.807, 2.05) is 0 Å². The standard InChI is InChI=1S/C12H14BrFO/c13-8-12(5-2-6-12)9-15-11-4-1-3-10(14)7-11/h1,3-4,7H,2,5-6,8-9H2. The molecule has 1 aliphatic rings. The Labute approximate surface area is 97.8 Å². The lowest BCUT2D eigenvalue weighted by atomic mass is 9.71. The van der Waals surface area contributed by atoms with E-state index in [2.05, 4.69) is 15.9 Å². The smallest absolute Gasteiger partial charge is 0.126 e. The highest BCUT2D eigenvalue weighted by molar-refractivity contribution is 9.09. The normalized spacial score (nSPS) is 18.3. The monoisotopic (exact) mass is 272 g/mol. The first-order valence-corrected chi connectivity index (χ1v) is 6.31. The fraction of sp³-hybridized carbons (Fsp3) is 0.500. The first kappa shape index (κ1) is 10.9. The fourth-order valence-electron chi connectivity index (χ4n) is 1.79. The van der Waals surface area contributed by atoms with Gasteiger partial charge >= 0.3 is 0 Å². The molecule has 0 atom stereocenters.